The first-order valence-electron chi connectivity index (χ1n) is 8.24. The van der Waals surface area contributed by atoms with Gasteiger partial charge in [-0.05, 0) is 43.3 Å². The molecule has 0 bridgehead atoms. The normalized spacial score (nSPS) is 15.6. The van der Waals surface area contributed by atoms with Crippen LogP contribution >= 0.6 is 0 Å². The predicted molar refractivity (Wildman–Crippen MR) is 97.8 cm³/mol. The Morgan fingerprint density at radius 1 is 0.923 bits per heavy atom. The fourth-order valence-corrected chi connectivity index (χ4v) is 3.61. The summed E-state index contributed by atoms with van der Waals surface area (Å²) in [5.74, 6) is 1.65. The summed E-state index contributed by atoms with van der Waals surface area (Å²) in [6, 6.07) is 10.5. The minimum atomic E-state index is -3.66. The van der Waals surface area contributed by atoms with Crippen LogP contribution in [0.2, 0.25) is 0 Å². The molecule has 0 spiro atoms. The van der Waals surface area contributed by atoms with Gasteiger partial charge in [0.1, 0.15) is 5.82 Å². The maximum absolute atomic E-state index is 11.4. The van der Waals surface area contributed by atoms with Gasteiger partial charge in [-0.2, -0.15) is 4.52 Å². The van der Waals surface area contributed by atoms with Crippen LogP contribution in [0.3, 0.4) is 0 Å². The van der Waals surface area contributed by atoms with E-state index in [9.17, 15) is 8.42 Å². The zero-order chi connectivity index (χ0) is 18.3. The number of hydrogen-bond acceptors (Lipinski definition) is 7. The molecule has 1 aromatic carbocycles. The van der Waals surface area contributed by atoms with Gasteiger partial charge in [0.25, 0.3) is 0 Å². The minimum Gasteiger partial charge on any atom is -0.368 e. The Morgan fingerprint density at radius 3 is 2.23 bits per heavy atom. The quantitative estimate of drug-likeness (QED) is 0.708. The third-order valence-electron chi connectivity index (χ3n) is 4.54. The molecule has 1 aliphatic heterocycles. The lowest BCUT2D eigenvalue weighted by atomic mass is 10.2. The van der Waals surface area contributed by atoms with Crippen molar-refractivity contribution in [2.45, 2.75) is 11.8 Å². The van der Waals surface area contributed by atoms with Gasteiger partial charge in [-0.25, -0.2) is 13.6 Å². The number of primary sulfonamides is 1. The lowest BCUT2D eigenvalue weighted by Gasteiger charge is -2.36. The van der Waals surface area contributed by atoms with Crippen molar-refractivity contribution in [3.8, 4) is 0 Å². The van der Waals surface area contributed by atoms with Crippen molar-refractivity contribution < 1.29 is 8.42 Å². The molecule has 3 heterocycles. The maximum atomic E-state index is 11.4. The van der Waals surface area contributed by atoms with Gasteiger partial charge < -0.3 is 9.80 Å². The van der Waals surface area contributed by atoms with Crippen molar-refractivity contribution >= 4 is 27.2 Å². The SMILES string of the molecule is Cc1nnc2ccc(N3CCN(c4ccc(S(N)(=O)=O)cc4)CC3)nn12. The fourth-order valence-electron chi connectivity index (χ4n) is 3.10. The van der Waals surface area contributed by atoms with E-state index in [1.54, 1.807) is 28.8 Å². The molecule has 4 rings (SSSR count). The predicted octanol–water partition coefficient (Wildman–Crippen LogP) is 0.407. The number of benzene rings is 1. The fraction of sp³-hybridized carbons (Fsp3) is 0.312. The van der Waals surface area contributed by atoms with Crippen LogP contribution in [0.15, 0.2) is 41.3 Å². The number of nitrogens with two attached hydrogens (primary N) is 1. The molecule has 0 atom stereocenters. The lowest BCUT2D eigenvalue weighted by Crippen LogP contribution is -2.47. The van der Waals surface area contributed by atoms with Crippen molar-refractivity contribution in [2.24, 2.45) is 5.14 Å². The standard InChI is InChI=1S/C16H19N7O2S/c1-12-18-19-15-6-7-16(20-23(12)15)22-10-8-21(9-11-22)13-2-4-14(5-3-13)26(17,24)25/h2-7H,8-11H2,1H3,(H2,17,24,25). The molecule has 10 heteroatoms. The second kappa shape index (κ2) is 6.22. The Morgan fingerprint density at radius 2 is 1.58 bits per heavy atom. The molecular weight excluding hydrogens is 354 g/mol. The summed E-state index contributed by atoms with van der Waals surface area (Å²) < 4.78 is 24.5. The molecule has 0 aliphatic carbocycles. The lowest BCUT2D eigenvalue weighted by molar-refractivity contribution is 0.597. The van der Waals surface area contributed by atoms with E-state index in [0.29, 0.717) is 0 Å². The summed E-state index contributed by atoms with van der Waals surface area (Å²) >= 11 is 0. The van der Waals surface area contributed by atoms with Crippen LogP contribution in [0.25, 0.3) is 5.65 Å². The highest BCUT2D eigenvalue weighted by molar-refractivity contribution is 7.89. The molecule has 1 aliphatic rings. The van der Waals surface area contributed by atoms with E-state index >= 15 is 0 Å². The van der Waals surface area contributed by atoms with Gasteiger partial charge in [-0.3, -0.25) is 0 Å². The first-order chi connectivity index (χ1) is 12.4. The zero-order valence-corrected chi connectivity index (χ0v) is 15.1. The highest BCUT2D eigenvalue weighted by atomic mass is 32.2. The van der Waals surface area contributed by atoms with Crippen LogP contribution in [0.5, 0.6) is 0 Å². The summed E-state index contributed by atoms with van der Waals surface area (Å²) in [4.78, 5) is 4.56. The van der Waals surface area contributed by atoms with E-state index in [0.717, 1.165) is 49.2 Å². The second-order valence-electron chi connectivity index (χ2n) is 6.22. The van der Waals surface area contributed by atoms with Crippen molar-refractivity contribution in [1.29, 1.82) is 0 Å². The van der Waals surface area contributed by atoms with Crippen molar-refractivity contribution in [2.75, 3.05) is 36.0 Å². The van der Waals surface area contributed by atoms with Crippen LogP contribution in [0.1, 0.15) is 5.82 Å². The van der Waals surface area contributed by atoms with Gasteiger partial charge in [0.05, 0.1) is 4.90 Å². The first kappa shape index (κ1) is 16.7. The molecule has 0 radical (unpaired) electrons. The van der Waals surface area contributed by atoms with Gasteiger partial charge in [0, 0.05) is 31.9 Å². The second-order valence-corrected chi connectivity index (χ2v) is 7.78. The number of aromatic nitrogens is 4. The van der Waals surface area contributed by atoms with Crippen molar-refractivity contribution in [1.82, 2.24) is 19.8 Å². The highest BCUT2D eigenvalue weighted by Gasteiger charge is 2.19. The minimum absolute atomic E-state index is 0.127. The van der Waals surface area contributed by atoms with E-state index in [-0.39, 0.29) is 4.90 Å². The van der Waals surface area contributed by atoms with Gasteiger partial charge in [-0.15, -0.1) is 15.3 Å². The van der Waals surface area contributed by atoms with Gasteiger partial charge >= 0.3 is 0 Å². The number of fused-ring (bicyclic) bond motifs is 1. The molecule has 2 N–H and O–H groups in total. The highest BCUT2D eigenvalue weighted by Crippen LogP contribution is 2.21. The average Bonchev–Trinajstić information content (AvgIpc) is 3.02. The number of hydrogen-bond donors (Lipinski definition) is 1. The molecule has 1 fully saturated rings. The molecule has 9 nitrogen and oxygen atoms in total. The summed E-state index contributed by atoms with van der Waals surface area (Å²) in [7, 11) is -3.66. The van der Waals surface area contributed by atoms with Crippen molar-refractivity contribution in [3.05, 3.63) is 42.2 Å². The molecule has 1 saturated heterocycles. The van der Waals surface area contributed by atoms with Crippen LogP contribution in [0.4, 0.5) is 11.5 Å². The Hall–Kier alpha value is -2.72. The summed E-state index contributed by atoms with van der Waals surface area (Å²) in [5.41, 5.74) is 1.72. The molecule has 3 aromatic rings. The van der Waals surface area contributed by atoms with Gasteiger partial charge in [-0.1, -0.05) is 0 Å². The Balaban J connectivity index is 1.47. The van der Waals surface area contributed by atoms with E-state index in [4.69, 9.17) is 5.14 Å². The summed E-state index contributed by atoms with van der Waals surface area (Å²) in [6.45, 7) is 5.14. The van der Waals surface area contributed by atoms with Crippen LogP contribution in [-0.2, 0) is 10.0 Å². The molecule has 26 heavy (non-hydrogen) atoms. The third-order valence-corrected chi connectivity index (χ3v) is 5.47. The Kier molecular flexibility index (Phi) is 4.00. The molecule has 136 valence electrons. The number of sulfonamides is 1. The third kappa shape index (κ3) is 3.08. The maximum Gasteiger partial charge on any atom is 0.238 e. The number of rotatable bonds is 3. The largest absolute Gasteiger partial charge is 0.368 e. The average molecular weight is 373 g/mol. The van der Waals surface area contributed by atoms with E-state index in [2.05, 4.69) is 25.1 Å². The first-order valence-corrected chi connectivity index (χ1v) is 9.78. The zero-order valence-electron chi connectivity index (χ0n) is 14.3. The Bertz CT molecular complexity index is 1040. The van der Waals surface area contributed by atoms with E-state index in [1.165, 1.54) is 0 Å². The summed E-state index contributed by atoms with van der Waals surface area (Å²) in [5, 5.41) is 17.8. The molecule has 2 aromatic heterocycles. The molecular formula is C16H19N7O2S. The topological polar surface area (TPSA) is 110 Å². The van der Waals surface area contributed by atoms with E-state index in [1.807, 2.05) is 19.1 Å². The number of piperazine rings is 1. The van der Waals surface area contributed by atoms with Gasteiger partial charge in [0.2, 0.25) is 10.0 Å². The summed E-state index contributed by atoms with van der Waals surface area (Å²) in [6.07, 6.45) is 0. The van der Waals surface area contributed by atoms with E-state index < -0.39 is 10.0 Å². The van der Waals surface area contributed by atoms with Crippen LogP contribution in [-0.4, -0.2) is 54.4 Å². The Labute approximate surface area is 151 Å². The molecule has 0 saturated carbocycles. The number of aryl methyl sites for hydroxylation is 1. The molecule has 0 amide bonds. The molecule has 0 unspecified atom stereocenters. The monoisotopic (exact) mass is 373 g/mol. The van der Waals surface area contributed by atoms with Crippen LogP contribution < -0.4 is 14.9 Å². The van der Waals surface area contributed by atoms with Crippen molar-refractivity contribution in [3.63, 3.8) is 0 Å². The number of nitrogens with zero attached hydrogens (tertiary/aromatic N) is 6. The smallest absolute Gasteiger partial charge is 0.238 e. The number of anilines is 2. The van der Waals surface area contributed by atoms with Crippen LogP contribution in [0, 0.1) is 6.92 Å². The van der Waals surface area contributed by atoms with Gasteiger partial charge in [0.15, 0.2) is 11.5 Å².